The number of aromatic nitrogens is 4. The Morgan fingerprint density at radius 1 is 1.19 bits per heavy atom. The first-order valence-electron chi connectivity index (χ1n) is 8.50. The van der Waals surface area contributed by atoms with Crippen molar-refractivity contribution in [2.75, 3.05) is 39.3 Å². The smallest absolute Gasteiger partial charge is 0.274 e. The molecule has 1 aliphatic rings. The number of piperidine rings is 1. The van der Waals surface area contributed by atoms with Crippen LogP contribution in [0.5, 0.6) is 11.8 Å². The fraction of sp³-hybridized carbons (Fsp3) is 0.529. The van der Waals surface area contributed by atoms with Crippen molar-refractivity contribution >= 4 is 11.9 Å². The predicted molar refractivity (Wildman–Crippen MR) is 95.7 cm³/mol. The normalized spacial score (nSPS) is 15.0. The minimum Gasteiger partial charge on any atom is -0.481 e. The second kappa shape index (κ2) is 7.59. The molecule has 0 spiro atoms. The van der Waals surface area contributed by atoms with E-state index in [1.807, 2.05) is 7.05 Å². The van der Waals surface area contributed by atoms with Crippen LogP contribution in [0.3, 0.4) is 0 Å². The summed E-state index contributed by atoms with van der Waals surface area (Å²) in [6.45, 7) is 1.50. The predicted octanol–water partition coefficient (Wildman–Crippen LogP) is 0.968. The molecule has 9 heteroatoms. The van der Waals surface area contributed by atoms with Gasteiger partial charge in [0.2, 0.25) is 17.7 Å². The number of anilines is 1. The molecule has 0 N–H and O–H groups in total. The van der Waals surface area contributed by atoms with Gasteiger partial charge in [0.05, 0.1) is 20.3 Å². The Labute approximate surface area is 152 Å². The highest BCUT2D eigenvalue weighted by molar-refractivity contribution is 5.92. The van der Waals surface area contributed by atoms with Crippen LogP contribution in [0.2, 0.25) is 0 Å². The molecule has 9 nitrogen and oxygen atoms in total. The Hall–Kier alpha value is -2.84. The average molecular weight is 360 g/mol. The van der Waals surface area contributed by atoms with Gasteiger partial charge in [-0.15, -0.1) is 0 Å². The molecule has 2 aromatic rings. The van der Waals surface area contributed by atoms with Crippen LogP contribution < -0.4 is 14.4 Å². The Morgan fingerprint density at radius 3 is 2.31 bits per heavy atom. The largest absolute Gasteiger partial charge is 0.481 e. The zero-order valence-corrected chi connectivity index (χ0v) is 15.5. The second-order valence-electron chi connectivity index (χ2n) is 6.26. The summed E-state index contributed by atoms with van der Waals surface area (Å²) in [5, 5.41) is 4.19. The van der Waals surface area contributed by atoms with Gasteiger partial charge in [-0.2, -0.15) is 15.1 Å². The van der Waals surface area contributed by atoms with E-state index >= 15 is 0 Å². The van der Waals surface area contributed by atoms with Gasteiger partial charge >= 0.3 is 0 Å². The Kier molecular flexibility index (Phi) is 5.24. The summed E-state index contributed by atoms with van der Waals surface area (Å²) in [4.78, 5) is 25.2. The maximum atomic E-state index is 12.6. The highest BCUT2D eigenvalue weighted by Crippen LogP contribution is 2.24. The number of rotatable bonds is 5. The van der Waals surface area contributed by atoms with Crippen molar-refractivity contribution in [1.29, 1.82) is 0 Å². The number of carbonyl (C=O) groups excluding carboxylic acids is 1. The van der Waals surface area contributed by atoms with E-state index in [1.54, 1.807) is 49.2 Å². The van der Waals surface area contributed by atoms with Gasteiger partial charge in [0.1, 0.15) is 5.69 Å². The molecule has 1 saturated heterocycles. The van der Waals surface area contributed by atoms with Crippen LogP contribution in [0.1, 0.15) is 23.3 Å². The topological polar surface area (TPSA) is 85.6 Å². The second-order valence-corrected chi connectivity index (χ2v) is 6.26. The summed E-state index contributed by atoms with van der Waals surface area (Å²) >= 11 is 0. The number of nitrogens with zero attached hydrogens (tertiary/aromatic N) is 6. The Balaban J connectivity index is 1.64. The van der Waals surface area contributed by atoms with Gasteiger partial charge < -0.3 is 19.3 Å². The van der Waals surface area contributed by atoms with Crippen molar-refractivity contribution in [3.8, 4) is 11.8 Å². The lowest BCUT2D eigenvalue weighted by Gasteiger charge is -2.36. The third kappa shape index (κ3) is 3.71. The van der Waals surface area contributed by atoms with E-state index in [1.165, 1.54) is 0 Å². The zero-order valence-electron chi connectivity index (χ0n) is 15.5. The summed E-state index contributed by atoms with van der Waals surface area (Å²) < 4.78 is 12.1. The van der Waals surface area contributed by atoms with Crippen LogP contribution in [-0.4, -0.2) is 71.0 Å². The molecule has 2 aromatic heterocycles. The van der Waals surface area contributed by atoms with Gasteiger partial charge in [0.25, 0.3) is 5.91 Å². The first-order valence-corrected chi connectivity index (χ1v) is 8.50. The molecule has 0 radical (unpaired) electrons. The molecule has 1 amide bonds. The van der Waals surface area contributed by atoms with Crippen LogP contribution in [-0.2, 0) is 7.05 Å². The van der Waals surface area contributed by atoms with Crippen molar-refractivity contribution in [1.82, 2.24) is 24.6 Å². The van der Waals surface area contributed by atoms with Crippen LogP contribution >= 0.6 is 0 Å². The fourth-order valence-corrected chi connectivity index (χ4v) is 3.07. The van der Waals surface area contributed by atoms with Gasteiger partial charge in [-0.25, -0.2) is 0 Å². The molecule has 3 heterocycles. The number of hydrogen-bond donors (Lipinski definition) is 0. The molecular formula is C17H24N6O3. The molecule has 0 atom stereocenters. The van der Waals surface area contributed by atoms with Crippen molar-refractivity contribution in [3.05, 3.63) is 24.0 Å². The van der Waals surface area contributed by atoms with Gasteiger partial charge in [0.15, 0.2) is 0 Å². The van der Waals surface area contributed by atoms with Gasteiger partial charge in [-0.3, -0.25) is 9.48 Å². The molecule has 0 unspecified atom stereocenters. The highest BCUT2D eigenvalue weighted by Gasteiger charge is 2.28. The summed E-state index contributed by atoms with van der Waals surface area (Å²) in [7, 11) is 6.77. The van der Waals surface area contributed by atoms with E-state index in [4.69, 9.17) is 9.47 Å². The number of carbonyl (C=O) groups is 1. The molecular weight excluding hydrogens is 336 g/mol. The Morgan fingerprint density at radius 2 is 1.81 bits per heavy atom. The van der Waals surface area contributed by atoms with Crippen LogP contribution in [0.25, 0.3) is 0 Å². The van der Waals surface area contributed by atoms with E-state index < -0.39 is 0 Å². The molecule has 1 fully saturated rings. The molecule has 26 heavy (non-hydrogen) atoms. The molecule has 0 aliphatic carbocycles. The summed E-state index contributed by atoms with van der Waals surface area (Å²) in [6, 6.07) is 3.55. The summed E-state index contributed by atoms with van der Waals surface area (Å²) in [5.74, 6) is 1.47. The van der Waals surface area contributed by atoms with E-state index in [-0.39, 0.29) is 11.9 Å². The molecule has 1 aliphatic heterocycles. The molecule has 3 rings (SSSR count). The molecule has 0 bridgehead atoms. The zero-order chi connectivity index (χ0) is 18.7. The average Bonchev–Trinajstić information content (AvgIpc) is 3.12. The quantitative estimate of drug-likeness (QED) is 0.785. The minimum atomic E-state index is -0.0525. The third-order valence-electron chi connectivity index (χ3n) is 4.63. The fourth-order valence-electron chi connectivity index (χ4n) is 3.07. The lowest BCUT2D eigenvalue weighted by Crippen LogP contribution is -2.46. The van der Waals surface area contributed by atoms with Crippen molar-refractivity contribution < 1.29 is 14.3 Å². The monoisotopic (exact) mass is 360 g/mol. The van der Waals surface area contributed by atoms with Gasteiger partial charge in [-0.1, -0.05) is 0 Å². The van der Waals surface area contributed by atoms with Crippen molar-refractivity contribution in [3.63, 3.8) is 0 Å². The Bertz CT molecular complexity index is 747. The third-order valence-corrected chi connectivity index (χ3v) is 4.63. The lowest BCUT2D eigenvalue weighted by molar-refractivity contribution is 0.0702. The highest BCUT2D eigenvalue weighted by atomic mass is 16.5. The molecule has 0 aromatic carbocycles. The molecule has 0 saturated carbocycles. The summed E-state index contributed by atoms with van der Waals surface area (Å²) in [5.41, 5.74) is 0.471. The number of hydrogen-bond acceptors (Lipinski definition) is 7. The maximum absolute atomic E-state index is 12.6. The number of amides is 1. The first kappa shape index (κ1) is 18.0. The molecule has 140 valence electrons. The standard InChI is InChI=1S/C17H24N6O3/c1-21-8-7-13(20-21)16(24)22(2)12-5-9-23(10-6-12)17-18-14(25-3)11-15(19-17)26-4/h7-8,11-12H,5-6,9-10H2,1-4H3. The number of aryl methyl sites for hydroxylation is 1. The summed E-state index contributed by atoms with van der Waals surface area (Å²) in [6.07, 6.45) is 3.44. The lowest BCUT2D eigenvalue weighted by atomic mass is 10.0. The van der Waals surface area contributed by atoms with Crippen LogP contribution in [0, 0.1) is 0 Å². The van der Waals surface area contributed by atoms with Gasteiger partial charge in [0, 0.05) is 39.4 Å². The van der Waals surface area contributed by atoms with E-state index in [9.17, 15) is 4.79 Å². The number of ether oxygens (including phenoxy) is 2. The van der Waals surface area contributed by atoms with Crippen LogP contribution in [0.4, 0.5) is 5.95 Å². The van der Waals surface area contributed by atoms with Crippen molar-refractivity contribution in [2.24, 2.45) is 7.05 Å². The van der Waals surface area contributed by atoms with Crippen LogP contribution in [0.15, 0.2) is 18.3 Å². The van der Waals surface area contributed by atoms with E-state index in [0.717, 1.165) is 25.9 Å². The minimum absolute atomic E-state index is 0.0525. The van der Waals surface area contributed by atoms with Crippen molar-refractivity contribution in [2.45, 2.75) is 18.9 Å². The van der Waals surface area contributed by atoms with Gasteiger partial charge in [-0.05, 0) is 18.9 Å². The maximum Gasteiger partial charge on any atom is 0.274 e. The SMILES string of the molecule is COc1cc(OC)nc(N2CCC(N(C)C(=O)c3ccn(C)n3)CC2)n1. The van der Waals surface area contributed by atoms with E-state index in [0.29, 0.717) is 23.4 Å². The number of methoxy groups -OCH3 is 2. The van der Waals surface area contributed by atoms with E-state index in [2.05, 4.69) is 20.0 Å². The first-order chi connectivity index (χ1) is 12.5.